The Balaban J connectivity index is 2.89. The van der Waals surface area contributed by atoms with Gasteiger partial charge in [-0.05, 0) is 30.2 Å². The summed E-state index contributed by atoms with van der Waals surface area (Å²) < 4.78 is 1.09. The van der Waals surface area contributed by atoms with E-state index in [0.29, 0.717) is 0 Å². The van der Waals surface area contributed by atoms with E-state index in [4.69, 9.17) is 23.2 Å². The Kier molecular flexibility index (Phi) is 3.96. The first-order chi connectivity index (χ1) is 5.22. The van der Waals surface area contributed by atoms with Crippen molar-refractivity contribution in [2.75, 3.05) is 4.43 Å². The summed E-state index contributed by atoms with van der Waals surface area (Å²) in [6, 6.07) is 5.65. The van der Waals surface area contributed by atoms with E-state index in [2.05, 4.69) is 22.6 Å². The van der Waals surface area contributed by atoms with E-state index in [1.807, 2.05) is 12.1 Å². The summed E-state index contributed by atoms with van der Waals surface area (Å²) in [5.74, 6) is 0. The zero-order chi connectivity index (χ0) is 8.27. The minimum Gasteiger partial charge on any atom is -0.0860 e. The molecule has 3 heteroatoms. The Morgan fingerprint density at radius 3 is 2.09 bits per heavy atom. The van der Waals surface area contributed by atoms with E-state index in [0.717, 1.165) is 20.9 Å². The van der Waals surface area contributed by atoms with Crippen molar-refractivity contribution in [1.29, 1.82) is 0 Å². The molecule has 0 aliphatic rings. The Morgan fingerprint density at radius 2 is 1.64 bits per heavy atom. The SMILES string of the molecule is Clc1cc(Cl)cc(CCI)c1. The fraction of sp³-hybridized carbons (Fsp3) is 0.250. The van der Waals surface area contributed by atoms with Crippen molar-refractivity contribution in [1.82, 2.24) is 0 Å². The zero-order valence-corrected chi connectivity index (χ0v) is 9.45. The number of alkyl halides is 1. The highest BCUT2D eigenvalue weighted by Gasteiger charge is 1.96. The lowest BCUT2D eigenvalue weighted by Gasteiger charge is -1.99. The van der Waals surface area contributed by atoms with Crippen LogP contribution in [0, 0.1) is 0 Å². The molecule has 0 radical (unpaired) electrons. The van der Waals surface area contributed by atoms with Crippen molar-refractivity contribution in [2.45, 2.75) is 6.42 Å². The molecule has 0 spiro atoms. The van der Waals surface area contributed by atoms with Crippen LogP contribution in [0.15, 0.2) is 18.2 Å². The van der Waals surface area contributed by atoms with Gasteiger partial charge in [0.05, 0.1) is 0 Å². The highest BCUT2D eigenvalue weighted by Crippen LogP contribution is 2.19. The molecule has 0 atom stereocenters. The summed E-state index contributed by atoms with van der Waals surface area (Å²) in [6.45, 7) is 0. The molecule has 0 N–H and O–H groups in total. The van der Waals surface area contributed by atoms with Crippen LogP contribution >= 0.6 is 45.8 Å². The van der Waals surface area contributed by atoms with Crippen LogP contribution in [-0.4, -0.2) is 4.43 Å². The molecule has 0 heterocycles. The number of hydrogen-bond donors (Lipinski definition) is 0. The van der Waals surface area contributed by atoms with E-state index in [-0.39, 0.29) is 0 Å². The summed E-state index contributed by atoms with van der Waals surface area (Å²) in [4.78, 5) is 0. The Labute approximate surface area is 90.0 Å². The summed E-state index contributed by atoms with van der Waals surface area (Å²) in [5, 5.41) is 1.44. The van der Waals surface area contributed by atoms with Crippen LogP contribution in [0.2, 0.25) is 10.0 Å². The number of hydrogen-bond acceptors (Lipinski definition) is 0. The van der Waals surface area contributed by atoms with Gasteiger partial charge < -0.3 is 0 Å². The molecule has 0 saturated heterocycles. The molecule has 0 unspecified atom stereocenters. The molecule has 1 aromatic rings. The minimum absolute atomic E-state index is 0.720. The molecule has 0 nitrogen and oxygen atoms in total. The van der Waals surface area contributed by atoms with Crippen LogP contribution in [0.25, 0.3) is 0 Å². The lowest BCUT2D eigenvalue weighted by molar-refractivity contribution is 1.18. The molecule has 11 heavy (non-hydrogen) atoms. The van der Waals surface area contributed by atoms with Gasteiger partial charge in [-0.25, -0.2) is 0 Å². The van der Waals surface area contributed by atoms with Gasteiger partial charge in [0.15, 0.2) is 0 Å². The van der Waals surface area contributed by atoms with Crippen molar-refractivity contribution in [2.24, 2.45) is 0 Å². The van der Waals surface area contributed by atoms with E-state index in [1.54, 1.807) is 6.07 Å². The van der Waals surface area contributed by atoms with Gasteiger partial charge in [-0.15, -0.1) is 0 Å². The quantitative estimate of drug-likeness (QED) is 0.573. The summed E-state index contributed by atoms with van der Waals surface area (Å²) in [6.07, 6.45) is 1.03. The summed E-state index contributed by atoms with van der Waals surface area (Å²) >= 11 is 13.9. The molecule has 0 aliphatic heterocycles. The van der Waals surface area contributed by atoms with Gasteiger partial charge in [-0.2, -0.15) is 0 Å². The van der Waals surface area contributed by atoms with Crippen LogP contribution < -0.4 is 0 Å². The third-order valence-electron chi connectivity index (χ3n) is 1.31. The average Bonchev–Trinajstić information content (AvgIpc) is 1.85. The zero-order valence-electron chi connectivity index (χ0n) is 5.78. The normalized spacial score (nSPS) is 10.1. The number of halogens is 3. The first-order valence-electron chi connectivity index (χ1n) is 3.23. The third kappa shape index (κ3) is 3.18. The first-order valence-corrected chi connectivity index (χ1v) is 5.51. The molecule has 1 rings (SSSR count). The van der Waals surface area contributed by atoms with Crippen LogP contribution in [0.3, 0.4) is 0 Å². The predicted octanol–water partition coefficient (Wildman–Crippen LogP) is 3.97. The lowest BCUT2D eigenvalue weighted by Crippen LogP contribution is -1.84. The van der Waals surface area contributed by atoms with Gasteiger partial charge in [0.25, 0.3) is 0 Å². The molecule has 0 amide bonds. The van der Waals surface area contributed by atoms with Crippen molar-refractivity contribution in [3.63, 3.8) is 0 Å². The maximum absolute atomic E-state index is 5.80. The highest BCUT2D eigenvalue weighted by atomic mass is 127. The maximum Gasteiger partial charge on any atom is 0.0423 e. The summed E-state index contributed by atoms with van der Waals surface area (Å²) in [7, 11) is 0. The second kappa shape index (κ2) is 4.53. The van der Waals surface area contributed by atoms with Crippen molar-refractivity contribution < 1.29 is 0 Å². The number of aryl methyl sites for hydroxylation is 1. The molecule has 1 aromatic carbocycles. The van der Waals surface area contributed by atoms with Crippen LogP contribution in [0.5, 0.6) is 0 Å². The van der Waals surface area contributed by atoms with Crippen molar-refractivity contribution in [3.05, 3.63) is 33.8 Å². The van der Waals surface area contributed by atoms with Gasteiger partial charge in [0.1, 0.15) is 0 Å². The van der Waals surface area contributed by atoms with Gasteiger partial charge in [-0.1, -0.05) is 45.8 Å². The topological polar surface area (TPSA) is 0 Å². The van der Waals surface area contributed by atoms with Gasteiger partial charge >= 0.3 is 0 Å². The van der Waals surface area contributed by atoms with Gasteiger partial charge in [0, 0.05) is 14.5 Å². The lowest BCUT2D eigenvalue weighted by atomic mass is 10.2. The molecule has 0 aromatic heterocycles. The monoisotopic (exact) mass is 300 g/mol. The third-order valence-corrected chi connectivity index (χ3v) is 2.28. The first kappa shape index (κ1) is 9.62. The van der Waals surface area contributed by atoms with Crippen LogP contribution in [-0.2, 0) is 6.42 Å². The van der Waals surface area contributed by atoms with Crippen LogP contribution in [0.1, 0.15) is 5.56 Å². The van der Waals surface area contributed by atoms with Gasteiger partial charge in [0.2, 0.25) is 0 Å². The fourth-order valence-corrected chi connectivity index (χ4v) is 2.06. The smallest absolute Gasteiger partial charge is 0.0423 e. The molecule has 60 valence electrons. The van der Waals surface area contributed by atoms with Crippen molar-refractivity contribution in [3.8, 4) is 0 Å². The standard InChI is InChI=1S/C8H7Cl2I/c9-7-3-6(1-2-11)4-8(10)5-7/h3-5H,1-2H2. The number of benzene rings is 1. The average molecular weight is 301 g/mol. The Hall–Kier alpha value is 0.530. The largest absolute Gasteiger partial charge is 0.0860 e. The van der Waals surface area contributed by atoms with E-state index in [9.17, 15) is 0 Å². The second-order valence-corrected chi connectivity index (χ2v) is 4.17. The van der Waals surface area contributed by atoms with Gasteiger partial charge in [-0.3, -0.25) is 0 Å². The Morgan fingerprint density at radius 1 is 1.09 bits per heavy atom. The molecule has 0 bridgehead atoms. The molecule has 0 fully saturated rings. The molecule has 0 saturated carbocycles. The number of rotatable bonds is 2. The second-order valence-electron chi connectivity index (χ2n) is 2.22. The fourth-order valence-electron chi connectivity index (χ4n) is 0.864. The highest BCUT2D eigenvalue weighted by molar-refractivity contribution is 14.1. The van der Waals surface area contributed by atoms with E-state index < -0.39 is 0 Å². The predicted molar refractivity (Wildman–Crippen MR) is 59.1 cm³/mol. The Bertz CT molecular complexity index is 228. The molecule has 0 aliphatic carbocycles. The van der Waals surface area contributed by atoms with Crippen LogP contribution in [0.4, 0.5) is 0 Å². The molecular weight excluding hydrogens is 294 g/mol. The molecular formula is C8H7Cl2I. The van der Waals surface area contributed by atoms with E-state index >= 15 is 0 Å². The van der Waals surface area contributed by atoms with E-state index in [1.165, 1.54) is 5.56 Å². The van der Waals surface area contributed by atoms with Crippen molar-refractivity contribution >= 4 is 45.8 Å². The minimum atomic E-state index is 0.720. The summed E-state index contributed by atoms with van der Waals surface area (Å²) in [5.41, 5.74) is 1.21. The maximum atomic E-state index is 5.80.